The van der Waals surface area contributed by atoms with E-state index in [0.29, 0.717) is 22.2 Å². The lowest BCUT2D eigenvalue weighted by Crippen LogP contribution is -2.08. The summed E-state index contributed by atoms with van der Waals surface area (Å²) in [5.74, 6) is -0.242. The highest BCUT2D eigenvalue weighted by molar-refractivity contribution is 6.39. The number of hydrogen-bond donors (Lipinski definition) is 1. The first-order valence-corrected chi connectivity index (χ1v) is 7.20. The molecule has 1 aliphatic rings. The highest BCUT2D eigenvalue weighted by atomic mass is 35.5. The number of anilines is 1. The highest BCUT2D eigenvalue weighted by Crippen LogP contribution is 2.48. The van der Waals surface area contributed by atoms with Crippen LogP contribution in [0.2, 0.25) is 10.0 Å². The number of amides is 1. The van der Waals surface area contributed by atoms with Crippen molar-refractivity contribution >= 4 is 40.5 Å². The predicted octanol–water partition coefficient (Wildman–Crippen LogP) is 4.43. The summed E-state index contributed by atoms with van der Waals surface area (Å²) in [6, 6.07) is 6.22. The number of rotatable bonds is 2. The molecule has 0 saturated carbocycles. The number of nitro benzene ring substituents is 1. The van der Waals surface area contributed by atoms with Crippen LogP contribution in [0.25, 0.3) is 11.1 Å². The molecule has 1 N–H and O–H groups in total. The van der Waals surface area contributed by atoms with Gasteiger partial charge in [-0.3, -0.25) is 14.9 Å². The fourth-order valence-corrected chi connectivity index (χ4v) is 3.37. The van der Waals surface area contributed by atoms with Crippen molar-refractivity contribution in [1.82, 2.24) is 0 Å². The van der Waals surface area contributed by atoms with Gasteiger partial charge in [-0.15, -0.1) is 0 Å². The van der Waals surface area contributed by atoms with E-state index in [4.69, 9.17) is 23.2 Å². The molecule has 0 atom stereocenters. The molecule has 0 spiro atoms. The lowest BCUT2D eigenvalue weighted by atomic mass is 10.0. The van der Waals surface area contributed by atoms with Crippen LogP contribution in [0, 0.1) is 10.1 Å². The molecule has 1 aliphatic carbocycles. The fraction of sp³-hybridized carbons (Fsp3) is 0.133. The van der Waals surface area contributed by atoms with Gasteiger partial charge in [-0.25, -0.2) is 0 Å². The van der Waals surface area contributed by atoms with Crippen LogP contribution in [0.4, 0.5) is 11.4 Å². The summed E-state index contributed by atoms with van der Waals surface area (Å²) in [6.45, 7) is 1.39. The third-order valence-electron chi connectivity index (χ3n) is 3.57. The highest BCUT2D eigenvalue weighted by Gasteiger charge is 2.27. The van der Waals surface area contributed by atoms with Crippen LogP contribution in [-0.2, 0) is 11.2 Å². The largest absolute Gasteiger partial charge is 0.325 e. The van der Waals surface area contributed by atoms with E-state index in [0.717, 1.165) is 22.3 Å². The molecule has 1 amide bonds. The Bertz CT molecular complexity index is 834. The van der Waals surface area contributed by atoms with E-state index >= 15 is 0 Å². The first-order chi connectivity index (χ1) is 10.4. The number of nitrogens with one attached hydrogen (secondary N) is 1. The van der Waals surface area contributed by atoms with Crippen molar-refractivity contribution in [3.63, 3.8) is 0 Å². The van der Waals surface area contributed by atoms with Crippen LogP contribution in [0.5, 0.6) is 0 Å². The van der Waals surface area contributed by atoms with Crippen molar-refractivity contribution in [2.24, 2.45) is 0 Å². The second-order valence-corrected chi connectivity index (χ2v) is 5.84. The Balaban J connectivity index is 2.20. The number of carbonyl (C=O) groups excluding carboxylic acids is 1. The Kier molecular flexibility index (Phi) is 3.54. The van der Waals surface area contributed by atoms with Gasteiger partial charge in [0.1, 0.15) is 0 Å². The maximum Gasteiger partial charge on any atom is 0.269 e. The zero-order valence-electron chi connectivity index (χ0n) is 11.4. The maximum atomic E-state index is 11.4. The van der Waals surface area contributed by atoms with Gasteiger partial charge >= 0.3 is 0 Å². The Labute approximate surface area is 136 Å². The van der Waals surface area contributed by atoms with Gasteiger partial charge in [0.05, 0.1) is 20.7 Å². The van der Waals surface area contributed by atoms with Gasteiger partial charge in [0.2, 0.25) is 5.91 Å². The molecular formula is C15H10Cl2N2O3. The molecule has 0 bridgehead atoms. The minimum atomic E-state index is -0.438. The first kappa shape index (κ1) is 14.8. The summed E-state index contributed by atoms with van der Waals surface area (Å²) < 4.78 is 0. The number of fused-ring (bicyclic) bond motifs is 3. The average Bonchev–Trinajstić information content (AvgIpc) is 2.81. The zero-order valence-corrected chi connectivity index (χ0v) is 13.0. The van der Waals surface area contributed by atoms with Gasteiger partial charge in [-0.2, -0.15) is 0 Å². The average molecular weight is 337 g/mol. The van der Waals surface area contributed by atoms with Crippen LogP contribution < -0.4 is 5.32 Å². The molecule has 7 heteroatoms. The van der Waals surface area contributed by atoms with Crippen molar-refractivity contribution in [2.75, 3.05) is 5.32 Å². The molecule has 0 radical (unpaired) electrons. The van der Waals surface area contributed by atoms with Crippen LogP contribution >= 0.6 is 23.2 Å². The molecule has 0 heterocycles. The number of nitrogens with zero attached hydrogens (tertiary/aromatic N) is 1. The van der Waals surface area contributed by atoms with E-state index in [9.17, 15) is 14.9 Å². The first-order valence-electron chi connectivity index (χ1n) is 6.44. The molecule has 0 saturated heterocycles. The summed E-state index contributed by atoms with van der Waals surface area (Å²) in [6.07, 6.45) is 0.433. The quantitative estimate of drug-likeness (QED) is 0.555. The predicted molar refractivity (Wildman–Crippen MR) is 85.7 cm³/mol. The van der Waals surface area contributed by atoms with E-state index in [1.165, 1.54) is 19.1 Å². The molecule has 0 aliphatic heterocycles. The number of non-ortho nitro benzene ring substituents is 1. The van der Waals surface area contributed by atoms with Crippen LogP contribution in [0.1, 0.15) is 18.1 Å². The number of benzene rings is 2. The van der Waals surface area contributed by atoms with Crippen molar-refractivity contribution in [1.29, 1.82) is 0 Å². The molecule has 0 aromatic heterocycles. The summed E-state index contributed by atoms with van der Waals surface area (Å²) in [5.41, 5.74) is 3.69. The topological polar surface area (TPSA) is 72.2 Å². The van der Waals surface area contributed by atoms with Crippen LogP contribution in [0.15, 0.2) is 24.3 Å². The molecule has 0 unspecified atom stereocenters. The number of nitro groups is 1. The molecule has 2 aromatic carbocycles. The summed E-state index contributed by atoms with van der Waals surface area (Å²) in [5, 5.41) is 14.4. The van der Waals surface area contributed by atoms with Crippen molar-refractivity contribution in [3.05, 3.63) is 55.6 Å². The number of halogens is 2. The van der Waals surface area contributed by atoms with Gasteiger partial charge in [0.15, 0.2) is 0 Å². The van der Waals surface area contributed by atoms with Crippen molar-refractivity contribution in [2.45, 2.75) is 13.3 Å². The minimum absolute atomic E-state index is 0.0230. The number of carbonyl (C=O) groups is 1. The van der Waals surface area contributed by atoms with E-state index in [1.807, 2.05) is 0 Å². The van der Waals surface area contributed by atoms with Crippen LogP contribution in [0.3, 0.4) is 0 Å². The molecular weight excluding hydrogens is 327 g/mol. The van der Waals surface area contributed by atoms with Crippen molar-refractivity contribution in [3.8, 4) is 11.1 Å². The van der Waals surface area contributed by atoms with E-state index in [1.54, 1.807) is 12.1 Å². The molecule has 2 aromatic rings. The second-order valence-electron chi connectivity index (χ2n) is 5.03. The maximum absolute atomic E-state index is 11.4. The number of hydrogen-bond acceptors (Lipinski definition) is 3. The SMILES string of the molecule is CC(=O)Nc1c(Cl)cc(Cl)c2c1Cc1cc([N+](=O)[O-])ccc1-2. The molecule has 3 rings (SSSR count). The van der Waals surface area contributed by atoms with Crippen molar-refractivity contribution < 1.29 is 9.72 Å². The second kappa shape index (κ2) is 5.26. The van der Waals surface area contributed by atoms with E-state index < -0.39 is 4.92 Å². The Morgan fingerprint density at radius 1 is 1.27 bits per heavy atom. The van der Waals surface area contributed by atoms with Crippen LogP contribution in [-0.4, -0.2) is 10.8 Å². The normalized spacial score (nSPS) is 11.8. The lowest BCUT2D eigenvalue weighted by molar-refractivity contribution is -0.384. The third kappa shape index (κ3) is 2.32. The Hall–Kier alpha value is -2.11. The molecule has 5 nitrogen and oxygen atoms in total. The van der Waals surface area contributed by atoms with Gasteiger partial charge in [-0.05, 0) is 28.8 Å². The minimum Gasteiger partial charge on any atom is -0.325 e. The third-order valence-corrected chi connectivity index (χ3v) is 4.17. The van der Waals surface area contributed by atoms with E-state index in [-0.39, 0.29) is 11.6 Å². The standard InChI is InChI=1S/C15H10Cl2N2O3/c1-7(20)18-15-11-5-8-4-9(19(21)22)2-3-10(8)14(11)12(16)6-13(15)17/h2-4,6H,5H2,1H3,(H,18,20). The van der Waals surface area contributed by atoms with Gasteiger partial charge in [-0.1, -0.05) is 23.2 Å². The molecule has 0 fully saturated rings. The summed E-state index contributed by atoms with van der Waals surface area (Å²) in [4.78, 5) is 21.8. The van der Waals surface area contributed by atoms with Gasteiger partial charge in [0.25, 0.3) is 5.69 Å². The smallest absolute Gasteiger partial charge is 0.269 e. The Morgan fingerprint density at radius 3 is 2.64 bits per heavy atom. The fourth-order valence-electron chi connectivity index (χ4n) is 2.72. The monoisotopic (exact) mass is 336 g/mol. The van der Waals surface area contributed by atoms with Gasteiger partial charge in [0, 0.05) is 31.0 Å². The van der Waals surface area contributed by atoms with Gasteiger partial charge < -0.3 is 5.32 Å². The molecule has 112 valence electrons. The lowest BCUT2D eigenvalue weighted by Gasteiger charge is -2.13. The van der Waals surface area contributed by atoms with E-state index in [2.05, 4.69) is 5.32 Å². The Morgan fingerprint density at radius 2 is 2.00 bits per heavy atom. The summed E-state index contributed by atoms with van der Waals surface area (Å²) in [7, 11) is 0. The molecule has 22 heavy (non-hydrogen) atoms. The summed E-state index contributed by atoms with van der Waals surface area (Å²) >= 11 is 12.5. The zero-order chi connectivity index (χ0) is 16.0.